The highest BCUT2D eigenvalue weighted by atomic mass is 32.1. The van der Waals surface area contributed by atoms with Crippen molar-refractivity contribution in [3.63, 3.8) is 0 Å². The zero-order valence-electron chi connectivity index (χ0n) is 13.7. The van der Waals surface area contributed by atoms with Crippen molar-refractivity contribution in [3.05, 3.63) is 76.4 Å². The van der Waals surface area contributed by atoms with Gasteiger partial charge >= 0.3 is 0 Å². The molecular weight excluding hydrogens is 316 g/mol. The summed E-state index contributed by atoms with van der Waals surface area (Å²) < 4.78 is 1.98. The molecule has 2 aromatic heterocycles. The van der Waals surface area contributed by atoms with Gasteiger partial charge in [0.05, 0.1) is 12.1 Å². The van der Waals surface area contributed by atoms with E-state index in [0.29, 0.717) is 6.54 Å². The molecule has 2 heterocycles. The number of rotatable bonds is 3. The van der Waals surface area contributed by atoms with Gasteiger partial charge in [0.1, 0.15) is 5.00 Å². The molecule has 24 heavy (non-hydrogen) atoms. The minimum absolute atomic E-state index is 0.0806. The lowest BCUT2D eigenvalue weighted by molar-refractivity contribution is 0.0958. The van der Waals surface area contributed by atoms with Crippen LogP contribution in [0.5, 0.6) is 0 Å². The Morgan fingerprint density at radius 1 is 1.12 bits per heavy atom. The van der Waals surface area contributed by atoms with Gasteiger partial charge < -0.3 is 9.88 Å². The van der Waals surface area contributed by atoms with E-state index in [1.807, 2.05) is 73.3 Å². The Bertz CT molecular complexity index is 897. The topological polar surface area (TPSA) is 34.0 Å². The molecule has 0 saturated carbocycles. The smallest absolute Gasteiger partial charge is 0.255 e. The Labute approximate surface area is 146 Å². The van der Waals surface area contributed by atoms with E-state index in [4.69, 9.17) is 0 Å². The summed E-state index contributed by atoms with van der Waals surface area (Å²) >= 11 is 1.63. The summed E-state index contributed by atoms with van der Waals surface area (Å²) in [6.45, 7) is 4.36. The van der Waals surface area contributed by atoms with Gasteiger partial charge in [-0.1, -0.05) is 30.0 Å². The number of nitrogens with one attached hydrogen (secondary N) is 1. The van der Waals surface area contributed by atoms with Crippen molar-refractivity contribution in [2.45, 2.75) is 13.8 Å². The van der Waals surface area contributed by atoms with E-state index in [0.717, 1.165) is 26.6 Å². The molecule has 0 fully saturated rings. The summed E-state index contributed by atoms with van der Waals surface area (Å²) in [4.78, 5) is 13.8. The van der Waals surface area contributed by atoms with Crippen LogP contribution in [0, 0.1) is 25.7 Å². The number of hydrogen-bond acceptors (Lipinski definition) is 2. The molecule has 1 N–H and O–H groups in total. The van der Waals surface area contributed by atoms with Crippen LogP contribution in [0.2, 0.25) is 0 Å². The van der Waals surface area contributed by atoms with Gasteiger partial charge in [0.2, 0.25) is 0 Å². The standard InChI is InChI=1S/C20H18N2OS/c1-15-16(2)24-20(22-13-6-7-14-22)18(15)19(23)21-12-8-11-17-9-4-3-5-10-17/h3-7,9-10,13-14H,12H2,1-2H3,(H,21,23). The van der Waals surface area contributed by atoms with Crippen LogP contribution < -0.4 is 5.32 Å². The number of carbonyl (C=O) groups excluding carboxylic acids is 1. The summed E-state index contributed by atoms with van der Waals surface area (Å²) in [5.41, 5.74) is 2.70. The molecule has 0 unspecified atom stereocenters. The molecule has 4 heteroatoms. The van der Waals surface area contributed by atoms with Gasteiger partial charge in [-0.15, -0.1) is 11.3 Å². The predicted molar refractivity (Wildman–Crippen MR) is 98.8 cm³/mol. The first-order valence-corrected chi connectivity index (χ1v) is 8.54. The van der Waals surface area contributed by atoms with E-state index in [9.17, 15) is 4.79 Å². The number of nitrogens with zero attached hydrogens (tertiary/aromatic N) is 1. The van der Waals surface area contributed by atoms with E-state index < -0.39 is 0 Å². The maximum atomic E-state index is 12.6. The second-order valence-corrected chi connectivity index (χ2v) is 6.61. The fraction of sp³-hybridized carbons (Fsp3) is 0.150. The van der Waals surface area contributed by atoms with Crippen molar-refractivity contribution in [2.24, 2.45) is 0 Å². The second-order valence-electron chi connectivity index (χ2n) is 5.40. The van der Waals surface area contributed by atoms with E-state index in [2.05, 4.69) is 17.2 Å². The van der Waals surface area contributed by atoms with Crippen molar-refractivity contribution >= 4 is 17.2 Å². The van der Waals surface area contributed by atoms with Crippen molar-refractivity contribution in [1.29, 1.82) is 0 Å². The Morgan fingerprint density at radius 2 is 1.83 bits per heavy atom. The lowest BCUT2D eigenvalue weighted by Crippen LogP contribution is -2.25. The third kappa shape index (κ3) is 3.42. The van der Waals surface area contributed by atoms with E-state index in [1.54, 1.807) is 11.3 Å². The van der Waals surface area contributed by atoms with Crippen LogP contribution in [-0.4, -0.2) is 17.0 Å². The molecule has 0 atom stereocenters. The first-order chi connectivity index (χ1) is 11.7. The lowest BCUT2D eigenvalue weighted by Gasteiger charge is -2.06. The monoisotopic (exact) mass is 334 g/mol. The maximum absolute atomic E-state index is 12.6. The Balaban J connectivity index is 1.75. The van der Waals surface area contributed by atoms with Crippen molar-refractivity contribution in [3.8, 4) is 16.8 Å². The van der Waals surface area contributed by atoms with Gasteiger partial charge in [0.15, 0.2) is 0 Å². The number of aromatic nitrogens is 1. The summed E-state index contributed by atoms with van der Waals surface area (Å²) in [6, 6.07) is 13.7. The summed E-state index contributed by atoms with van der Waals surface area (Å²) in [5.74, 6) is 5.96. The molecule has 3 nitrogen and oxygen atoms in total. The Morgan fingerprint density at radius 3 is 2.54 bits per heavy atom. The highest BCUT2D eigenvalue weighted by Crippen LogP contribution is 2.30. The van der Waals surface area contributed by atoms with Gasteiger partial charge in [-0.3, -0.25) is 4.79 Å². The fourth-order valence-electron chi connectivity index (χ4n) is 2.41. The second kappa shape index (κ2) is 7.20. The van der Waals surface area contributed by atoms with Crippen LogP contribution in [-0.2, 0) is 0 Å². The molecule has 3 rings (SSSR count). The highest BCUT2D eigenvalue weighted by Gasteiger charge is 2.19. The van der Waals surface area contributed by atoms with Crippen LogP contribution in [0.15, 0.2) is 54.9 Å². The average Bonchev–Trinajstić information content (AvgIpc) is 3.21. The van der Waals surface area contributed by atoms with Crippen LogP contribution >= 0.6 is 11.3 Å². The quantitative estimate of drug-likeness (QED) is 0.723. The maximum Gasteiger partial charge on any atom is 0.255 e. The van der Waals surface area contributed by atoms with Crippen LogP contribution in [0.4, 0.5) is 0 Å². The summed E-state index contributed by atoms with van der Waals surface area (Å²) in [7, 11) is 0. The third-order valence-corrected chi connectivity index (χ3v) is 5.00. The van der Waals surface area contributed by atoms with Crippen LogP contribution in [0.3, 0.4) is 0 Å². The highest BCUT2D eigenvalue weighted by molar-refractivity contribution is 7.15. The first kappa shape index (κ1) is 16.1. The fourth-order valence-corrected chi connectivity index (χ4v) is 3.53. The molecule has 0 radical (unpaired) electrons. The van der Waals surface area contributed by atoms with E-state index in [1.165, 1.54) is 0 Å². The third-order valence-electron chi connectivity index (χ3n) is 3.78. The number of aryl methyl sites for hydroxylation is 1. The average molecular weight is 334 g/mol. The summed E-state index contributed by atoms with van der Waals surface area (Å²) in [5, 5.41) is 3.85. The molecule has 0 aliphatic heterocycles. The zero-order chi connectivity index (χ0) is 16.9. The number of amides is 1. The Hall–Kier alpha value is -2.77. The molecule has 0 bridgehead atoms. The number of benzene rings is 1. The van der Waals surface area contributed by atoms with Gasteiger partial charge in [-0.2, -0.15) is 0 Å². The number of hydrogen-bond donors (Lipinski definition) is 1. The minimum Gasteiger partial charge on any atom is -0.341 e. The van der Waals surface area contributed by atoms with E-state index in [-0.39, 0.29) is 5.91 Å². The molecule has 0 saturated heterocycles. The van der Waals surface area contributed by atoms with Gasteiger partial charge in [0, 0.05) is 22.8 Å². The van der Waals surface area contributed by atoms with Gasteiger partial charge in [-0.25, -0.2) is 0 Å². The predicted octanol–water partition coefficient (Wildman–Crippen LogP) is 3.94. The molecule has 0 spiro atoms. The number of carbonyl (C=O) groups is 1. The molecule has 1 aromatic carbocycles. The molecule has 1 amide bonds. The zero-order valence-corrected chi connectivity index (χ0v) is 14.5. The van der Waals surface area contributed by atoms with Crippen molar-refractivity contribution in [2.75, 3.05) is 6.54 Å². The van der Waals surface area contributed by atoms with Gasteiger partial charge in [-0.05, 0) is 43.7 Å². The van der Waals surface area contributed by atoms with Gasteiger partial charge in [0.25, 0.3) is 5.91 Å². The van der Waals surface area contributed by atoms with E-state index >= 15 is 0 Å². The minimum atomic E-state index is -0.0806. The SMILES string of the molecule is Cc1sc(-n2cccc2)c(C(=O)NCC#Cc2ccccc2)c1C. The molecule has 120 valence electrons. The number of thiophene rings is 1. The lowest BCUT2D eigenvalue weighted by atomic mass is 10.1. The van der Waals surface area contributed by atoms with Crippen LogP contribution in [0.25, 0.3) is 5.00 Å². The van der Waals surface area contributed by atoms with Crippen molar-refractivity contribution in [1.82, 2.24) is 9.88 Å². The molecular formula is C20H18N2OS. The Kier molecular flexibility index (Phi) is 4.83. The van der Waals surface area contributed by atoms with Crippen LogP contribution in [0.1, 0.15) is 26.4 Å². The summed E-state index contributed by atoms with van der Waals surface area (Å²) in [6.07, 6.45) is 3.91. The van der Waals surface area contributed by atoms with Crippen molar-refractivity contribution < 1.29 is 4.79 Å². The first-order valence-electron chi connectivity index (χ1n) is 7.72. The molecule has 0 aliphatic carbocycles. The molecule has 3 aromatic rings. The normalized spacial score (nSPS) is 10.1. The molecule has 0 aliphatic rings. The largest absolute Gasteiger partial charge is 0.341 e.